The molecule has 0 aliphatic heterocycles. The number of Topliss-reactive ketones (excluding diaryl/α,β-unsaturated/α-hetero) is 1. The fraction of sp³-hybridized carbons (Fsp3) is 0.533. The Kier molecular flexibility index (Phi) is 5.84. The van der Waals surface area contributed by atoms with Gasteiger partial charge in [-0.2, -0.15) is 0 Å². The van der Waals surface area contributed by atoms with Crippen molar-refractivity contribution >= 4 is 5.78 Å². The van der Waals surface area contributed by atoms with Crippen LogP contribution in [0, 0.1) is 0 Å². The average molecular weight is 218 g/mol. The van der Waals surface area contributed by atoms with Crippen molar-refractivity contribution in [2.45, 2.75) is 52.4 Å². The fourth-order valence-electron chi connectivity index (χ4n) is 1.72. The first-order valence-corrected chi connectivity index (χ1v) is 6.27. The maximum Gasteiger partial charge on any atom is 0.133 e. The minimum Gasteiger partial charge on any atom is -0.300 e. The van der Waals surface area contributed by atoms with Gasteiger partial charge in [0.25, 0.3) is 0 Å². The zero-order chi connectivity index (χ0) is 11.8. The highest BCUT2D eigenvalue weighted by Gasteiger charge is 2.03. The molecule has 0 aromatic rings. The fourth-order valence-corrected chi connectivity index (χ4v) is 1.72. The first-order valence-electron chi connectivity index (χ1n) is 6.27. The normalized spacial score (nSPS) is 15.4. The molecule has 0 N–H and O–H groups in total. The van der Waals surface area contributed by atoms with Crippen molar-refractivity contribution in [3.63, 3.8) is 0 Å². The molecular formula is C15H22O. The zero-order valence-corrected chi connectivity index (χ0v) is 10.5. The lowest BCUT2D eigenvalue weighted by Crippen LogP contribution is -1.97. The van der Waals surface area contributed by atoms with Crippen LogP contribution in [0.2, 0.25) is 0 Å². The quantitative estimate of drug-likeness (QED) is 0.647. The summed E-state index contributed by atoms with van der Waals surface area (Å²) in [5.74, 6) is 0.404. The van der Waals surface area contributed by atoms with Gasteiger partial charge < -0.3 is 0 Å². The molecule has 16 heavy (non-hydrogen) atoms. The van der Waals surface area contributed by atoms with E-state index in [1.165, 1.54) is 11.1 Å². The molecule has 1 nitrogen and oxygen atoms in total. The largest absolute Gasteiger partial charge is 0.300 e. The van der Waals surface area contributed by atoms with E-state index < -0.39 is 0 Å². The summed E-state index contributed by atoms with van der Waals surface area (Å²) < 4.78 is 0. The molecular weight excluding hydrogens is 196 g/mol. The van der Waals surface area contributed by atoms with E-state index in [0.717, 1.165) is 32.1 Å². The van der Waals surface area contributed by atoms with Crippen molar-refractivity contribution in [2.75, 3.05) is 0 Å². The molecule has 0 spiro atoms. The second-order valence-electron chi connectivity index (χ2n) is 4.50. The van der Waals surface area contributed by atoms with Crippen molar-refractivity contribution in [1.29, 1.82) is 0 Å². The van der Waals surface area contributed by atoms with Crippen molar-refractivity contribution in [3.05, 3.63) is 35.5 Å². The monoisotopic (exact) mass is 218 g/mol. The van der Waals surface area contributed by atoms with Gasteiger partial charge in [0.05, 0.1) is 0 Å². The molecule has 0 fully saturated rings. The van der Waals surface area contributed by atoms with Gasteiger partial charge in [0, 0.05) is 12.8 Å². The predicted octanol–water partition coefficient (Wildman–Crippen LogP) is 4.36. The number of allylic oxidation sites excluding steroid dienone is 6. The van der Waals surface area contributed by atoms with Gasteiger partial charge in [-0.25, -0.2) is 0 Å². The van der Waals surface area contributed by atoms with Crippen molar-refractivity contribution in [1.82, 2.24) is 0 Å². The molecule has 0 saturated heterocycles. The van der Waals surface area contributed by atoms with E-state index in [0.29, 0.717) is 12.2 Å². The van der Waals surface area contributed by atoms with Crippen molar-refractivity contribution in [3.8, 4) is 0 Å². The minimum atomic E-state index is 0.404. The standard InChI is InChI=1S/C15H22O/c1-3-4-8-15(16)12-11-14-7-5-6-13(2)9-10-14/h5,7,9-10H,3-4,6,8,11-12H2,1-2H3. The van der Waals surface area contributed by atoms with E-state index in [1.807, 2.05) is 0 Å². The Morgan fingerprint density at radius 1 is 1.31 bits per heavy atom. The molecule has 0 saturated carbocycles. The van der Waals surface area contributed by atoms with Crippen LogP contribution < -0.4 is 0 Å². The van der Waals surface area contributed by atoms with Gasteiger partial charge in [-0.3, -0.25) is 4.79 Å². The Balaban J connectivity index is 2.35. The highest BCUT2D eigenvalue weighted by atomic mass is 16.1. The molecule has 0 atom stereocenters. The first kappa shape index (κ1) is 13.0. The molecule has 0 heterocycles. The van der Waals surface area contributed by atoms with E-state index in [-0.39, 0.29) is 0 Å². The maximum absolute atomic E-state index is 11.5. The number of rotatable bonds is 6. The predicted molar refractivity (Wildman–Crippen MR) is 69.4 cm³/mol. The number of hydrogen-bond donors (Lipinski definition) is 0. The van der Waals surface area contributed by atoms with Crippen LogP contribution in [0.3, 0.4) is 0 Å². The van der Waals surface area contributed by atoms with E-state index in [4.69, 9.17) is 0 Å². The number of carbonyl (C=O) groups is 1. The van der Waals surface area contributed by atoms with Gasteiger partial charge in [0.15, 0.2) is 0 Å². The average Bonchev–Trinajstić information content (AvgIpc) is 2.48. The second-order valence-corrected chi connectivity index (χ2v) is 4.50. The van der Waals surface area contributed by atoms with Crippen LogP contribution in [-0.4, -0.2) is 5.78 Å². The lowest BCUT2D eigenvalue weighted by Gasteiger charge is -2.00. The van der Waals surface area contributed by atoms with Crippen LogP contribution in [0.4, 0.5) is 0 Å². The smallest absolute Gasteiger partial charge is 0.133 e. The third-order valence-corrected chi connectivity index (χ3v) is 2.86. The summed E-state index contributed by atoms with van der Waals surface area (Å²) in [4.78, 5) is 11.5. The molecule has 0 unspecified atom stereocenters. The first-order chi connectivity index (χ1) is 7.72. The molecule has 0 aromatic carbocycles. The molecule has 0 radical (unpaired) electrons. The molecule has 0 aromatic heterocycles. The number of ketones is 1. The highest BCUT2D eigenvalue weighted by molar-refractivity contribution is 5.78. The second kappa shape index (κ2) is 7.21. The third-order valence-electron chi connectivity index (χ3n) is 2.86. The Morgan fingerprint density at radius 2 is 2.12 bits per heavy atom. The number of carbonyl (C=O) groups excluding carboxylic acids is 1. The Morgan fingerprint density at radius 3 is 2.88 bits per heavy atom. The van der Waals surface area contributed by atoms with Gasteiger partial charge in [0.2, 0.25) is 0 Å². The lowest BCUT2D eigenvalue weighted by atomic mass is 10.0. The summed E-state index contributed by atoms with van der Waals surface area (Å²) in [5.41, 5.74) is 2.66. The third kappa shape index (κ3) is 5.11. The lowest BCUT2D eigenvalue weighted by molar-refractivity contribution is -0.119. The van der Waals surface area contributed by atoms with Gasteiger partial charge in [0.1, 0.15) is 5.78 Å². The summed E-state index contributed by atoms with van der Waals surface area (Å²) in [6, 6.07) is 0. The van der Waals surface area contributed by atoms with Crippen molar-refractivity contribution in [2.24, 2.45) is 0 Å². The van der Waals surface area contributed by atoms with Crippen LogP contribution in [0.15, 0.2) is 35.5 Å². The molecule has 0 bridgehead atoms. The molecule has 0 amide bonds. The summed E-state index contributed by atoms with van der Waals surface area (Å²) >= 11 is 0. The highest BCUT2D eigenvalue weighted by Crippen LogP contribution is 2.15. The van der Waals surface area contributed by atoms with Crippen LogP contribution in [-0.2, 0) is 4.79 Å². The van der Waals surface area contributed by atoms with Crippen LogP contribution in [0.5, 0.6) is 0 Å². The number of unbranched alkanes of at least 4 members (excludes halogenated alkanes) is 1. The van der Waals surface area contributed by atoms with E-state index in [2.05, 4.69) is 38.2 Å². The van der Waals surface area contributed by atoms with Gasteiger partial charge in [-0.1, -0.05) is 43.2 Å². The SMILES string of the molecule is CCCCC(=O)CCC1=CC=C(C)CC=C1. The van der Waals surface area contributed by atoms with Crippen molar-refractivity contribution < 1.29 is 4.79 Å². The Bertz CT molecular complexity index is 318. The zero-order valence-electron chi connectivity index (χ0n) is 10.5. The summed E-state index contributed by atoms with van der Waals surface area (Å²) in [5, 5.41) is 0. The Labute approximate surface area is 98.9 Å². The van der Waals surface area contributed by atoms with Gasteiger partial charge >= 0.3 is 0 Å². The summed E-state index contributed by atoms with van der Waals surface area (Å²) in [6.07, 6.45) is 14.2. The van der Waals surface area contributed by atoms with Gasteiger partial charge in [-0.15, -0.1) is 0 Å². The summed E-state index contributed by atoms with van der Waals surface area (Å²) in [7, 11) is 0. The van der Waals surface area contributed by atoms with E-state index in [9.17, 15) is 4.79 Å². The maximum atomic E-state index is 11.5. The van der Waals surface area contributed by atoms with Crippen LogP contribution >= 0.6 is 0 Å². The number of hydrogen-bond acceptors (Lipinski definition) is 1. The molecule has 1 aliphatic carbocycles. The Hall–Kier alpha value is -1.11. The molecule has 88 valence electrons. The van der Waals surface area contributed by atoms with Crippen LogP contribution in [0.1, 0.15) is 52.4 Å². The molecule has 1 aliphatic rings. The van der Waals surface area contributed by atoms with Gasteiger partial charge in [-0.05, 0) is 31.8 Å². The minimum absolute atomic E-state index is 0.404. The topological polar surface area (TPSA) is 17.1 Å². The summed E-state index contributed by atoms with van der Waals surface area (Å²) in [6.45, 7) is 4.26. The van der Waals surface area contributed by atoms with E-state index in [1.54, 1.807) is 0 Å². The van der Waals surface area contributed by atoms with Crippen LogP contribution in [0.25, 0.3) is 0 Å². The molecule has 1 rings (SSSR count). The van der Waals surface area contributed by atoms with E-state index >= 15 is 0 Å². The molecule has 1 heteroatoms.